The highest BCUT2D eigenvalue weighted by atomic mass is 16.2. The molecule has 0 aliphatic carbocycles. The molecule has 0 unspecified atom stereocenters. The fourth-order valence-corrected chi connectivity index (χ4v) is 2.67. The normalized spacial score (nSPS) is 10.5. The first-order valence-electron chi connectivity index (χ1n) is 9.29. The number of anilines is 4. The van der Waals surface area contributed by atoms with Gasteiger partial charge in [0.05, 0.1) is 5.56 Å². The molecule has 2 aromatic carbocycles. The van der Waals surface area contributed by atoms with Gasteiger partial charge in [-0.05, 0) is 41.8 Å². The van der Waals surface area contributed by atoms with E-state index in [1.807, 2.05) is 12.1 Å². The Labute approximate surface area is 169 Å². The number of amides is 2. The number of rotatable bonds is 6. The summed E-state index contributed by atoms with van der Waals surface area (Å²) in [5.41, 5.74) is 3.63. The van der Waals surface area contributed by atoms with E-state index in [-0.39, 0.29) is 11.8 Å². The number of nitrogens with one attached hydrogen (secondary N) is 3. The van der Waals surface area contributed by atoms with Crippen LogP contribution in [0.3, 0.4) is 0 Å². The summed E-state index contributed by atoms with van der Waals surface area (Å²) in [5, 5.41) is 8.56. The monoisotopic (exact) mass is 389 g/mol. The second-order valence-electron chi connectivity index (χ2n) is 6.91. The zero-order valence-electron chi connectivity index (χ0n) is 16.6. The first kappa shape index (κ1) is 20.0. The highest BCUT2D eigenvalue weighted by Gasteiger charge is 2.09. The zero-order chi connectivity index (χ0) is 20.8. The summed E-state index contributed by atoms with van der Waals surface area (Å²) < 4.78 is 0. The summed E-state index contributed by atoms with van der Waals surface area (Å²) in [6.07, 6.45) is 2.93. The lowest BCUT2D eigenvalue weighted by atomic mass is 10.0. The molecule has 3 rings (SSSR count). The van der Waals surface area contributed by atoms with Crippen LogP contribution in [0.15, 0.2) is 60.9 Å². The fraction of sp³-hybridized carbons (Fsp3) is 0.182. The van der Waals surface area contributed by atoms with Gasteiger partial charge in [0.25, 0.3) is 5.91 Å². The molecule has 0 bridgehead atoms. The fourth-order valence-electron chi connectivity index (χ4n) is 2.67. The number of benzene rings is 2. The molecule has 2 amide bonds. The maximum absolute atomic E-state index is 12.4. The molecule has 7 nitrogen and oxygen atoms in total. The van der Waals surface area contributed by atoms with E-state index in [0.717, 1.165) is 5.69 Å². The third-order valence-corrected chi connectivity index (χ3v) is 4.19. The zero-order valence-corrected chi connectivity index (χ0v) is 16.6. The van der Waals surface area contributed by atoms with E-state index >= 15 is 0 Å². The molecule has 0 aliphatic rings. The molecule has 3 aromatic rings. The van der Waals surface area contributed by atoms with Crippen LogP contribution in [0, 0.1) is 0 Å². The van der Waals surface area contributed by atoms with Crippen LogP contribution in [0.25, 0.3) is 0 Å². The van der Waals surface area contributed by atoms with Crippen molar-refractivity contribution in [3.05, 3.63) is 72.1 Å². The van der Waals surface area contributed by atoms with Gasteiger partial charge in [-0.3, -0.25) is 9.59 Å². The molecular formula is C22H23N5O2. The Balaban J connectivity index is 1.63. The van der Waals surface area contributed by atoms with E-state index in [1.54, 1.807) is 24.3 Å². The molecule has 3 N–H and O–H groups in total. The van der Waals surface area contributed by atoms with E-state index in [0.29, 0.717) is 28.8 Å². The molecule has 7 heteroatoms. The molecule has 0 fully saturated rings. The van der Waals surface area contributed by atoms with E-state index in [1.165, 1.54) is 24.9 Å². The van der Waals surface area contributed by atoms with Crippen molar-refractivity contribution in [2.75, 3.05) is 16.0 Å². The van der Waals surface area contributed by atoms with Gasteiger partial charge in [0.2, 0.25) is 11.9 Å². The number of hydrogen-bond acceptors (Lipinski definition) is 5. The van der Waals surface area contributed by atoms with Crippen molar-refractivity contribution in [3.8, 4) is 0 Å². The number of hydrogen-bond donors (Lipinski definition) is 3. The lowest BCUT2D eigenvalue weighted by molar-refractivity contribution is -0.114. The molecule has 29 heavy (non-hydrogen) atoms. The smallest absolute Gasteiger partial charge is 0.258 e. The third kappa shape index (κ3) is 5.62. The lowest BCUT2D eigenvalue weighted by Crippen LogP contribution is -2.13. The summed E-state index contributed by atoms with van der Waals surface area (Å²) in [5.74, 6) is 0.366. The van der Waals surface area contributed by atoms with E-state index in [9.17, 15) is 9.59 Å². The molecule has 1 heterocycles. The SMILES string of the molecule is CC(=O)Nc1cccc(NC(=O)c2cnc(Nc3ccc(C(C)C)cc3)nc2)c1. The topological polar surface area (TPSA) is 96.0 Å². The number of carbonyl (C=O) groups excluding carboxylic acids is 2. The second kappa shape index (κ2) is 8.97. The Morgan fingerprint density at radius 3 is 2.07 bits per heavy atom. The Morgan fingerprint density at radius 2 is 1.48 bits per heavy atom. The van der Waals surface area contributed by atoms with Crippen LogP contribution in [0.4, 0.5) is 23.0 Å². The molecule has 0 saturated carbocycles. The van der Waals surface area contributed by atoms with Gasteiger partial charge in [0, 0.05) is 36.4 Å². The first-order valence-corrected chi connectivity index (χ1v) is 9.29. The summed E-state index contributed by atoms with van der Waals surface area (Å²) in [4.78, 5) is 32.0. The molecule has 0 saturated heterocycles. The Hall–Kier alpha value is -3.74. The quantitative estimate of drug-likeness (QED) is 0.575. The summed E-state index contributed by atoms with van der Waals surface area (Å²) in [6.45, 7) is 5.72. The van der Waals surface area contributed by atoms with Gasteiger partial charge in [0.1, 0.15) is 0 Å². The molecular weight excluding hydrogens is 366 g/mol. The molecule has 0 aliphatic heterocycles. The predicted molar refractivity (Wildman–Crippen MR) is 115 cm³/mol. The first-order chi connectivity index (χ1) is 13.9. The van der Waals surface area contributed by atoms with Gasteiger partial charge < -0.3 is 16.0 Å². The van der Waals surface area contributed by atoms with Crippen LogP contribution in [0.2, 0.25) is 0 Å². The average molecular weight is 389 g/mol. The maximum atomic E-state index is 12.4. The van der Waals surface area contributed by atoms with Gasteiger partial charge >= 0.3 is 0 Å². The highest BCUT2D eigenvalue weighted by molar-refractivity contribution is 6.04. The summed E-state index contributed by atoms with van der Waals surface area (Å²) in [6, 6.07) is 15.0. The molecule has 1 aromatic heterocycles. The Kier molecular flexibility index (Phi) is 6.19. The van der Waals surface area contributed by atoms with E-state index < -0.39 is 0 Å². The van der Waals surface area contributed by atoms with Crippen molar-refractivity contribution in [1.29, 1.82) is 0 Å². The van der Waals surface area contributed by atoms with Gasteiger partial charge in [-0.2, -0.15) is 0 Å². The molecule has 148 valence electrons. The van der Waals surface area contributed by atoms with Crippen LogP contribution in [0.5, 0.6) is 0 Å². The minimum absolute atomic E-state index is 0.177. The highest BCUT2D eigenvalue weighted by Crippen LogP contribution is 2.19. The standard InChI is InChI=1S/C22H23N5O2/c1-14(2)16-7-9-18(10-8-16)27-22-23-12-17(13-24-22)21(29)26-20-6-4-5-19(11-20)25-15(3)28/h4-14H,1-3H3,(H,25,28)(H,26,29)(H,23,24,27). The predicted octanol–water partition coefficient (Wildman–Crippen LogP) is 4.55. The van der Waals surface area contributed by atoms with Crippen LogP contribution < -0.4 is 16.0 Å². The number of nitrogens with zero attached hydrogens (tertiary/aromatic N) is 2. The largest absolute Gasteiger partial charge is 0.326 e. The molecule has 0 atom stereocenters. The van der Waals surface area contributed by atoms with Crippen molar-refractivity contribution in [3.63, 3.8) is 0 Å². The van der Waals surface area contributed by atoms with Crippen molar-refractivity contribution < 1.29 is 9.59 Å². The maximum Gasteiger partial charge on any atom is 0.258 e. The summed E-state index contributed by atoms with van der Waals surface area (Å²) >= 11 is 0. The Morgan fingerprint density at radius 1 is 0.862 bits per heavy atom. The Bertz CT molecular complexity index is 998. The van der Waals surface area contributed by atoms with Crippen LogP contribution in [-0.4, -0.2) is 21.8 Å². The van der Waals surface area contributed by atoms with Gasteiger partial charge in [-0.1, -0.05) is 32.0 Å². The van der Waals surface area contributed by atoms with E-state index in [2.05, 4.69) is 51.9 Å². The third-order valence-electron chi connectivity index (χ3n) is 4.19. The van der Waals surface area contributed by atoms with E-state index in [4.69, 9.17) is 0 Å². The second-order valence-corrected chi connectivity index (χ2v) is 6.91. The van der Waals surface area contributed by atoms with Gasteiger partial charge in [0.15, 0.2) is 0 Å². The van der Waals surface area contributed by atoms with Crippen LogP contribution in [-0.2, 0) is 4.79 Å². The van der Waals surface area contributed by atoms with Crippen molar-refractivity contribution in [2.45, 2.75) is 26.7 Å². The minimum atomic E-state index is -0.335. The molecule has 0 spiro atoms. The molecule has 0 radical (unpaired) electrons. The minimum Gasteiger partial charge on any atom is -0.326 e. The van der Waals surface area contributed by atoms with Crippen LogP contribution in [0.1, 0.15) is 42.6 Å². The van der Waals surface area contributed by atoms with Gasteiger partial charge in [-0.25, -0.2) is 9.97 Å². The van der Waals surface area contributed by atoms with Crippen molar-refractivity contribution >= 4 is 34.8 Å². The average Bonchev–Trinajstić information content (AvgIpc) is 2.68. The van der Waals surface area contributed by atoms with Crippen molar-refractivity contribution in [2.24, 2.45) is 0 Å². The van der Waals surface area contributed by atoms with Crippen LogP contribution >= 0.6 is 0 Å². The van der Waals surface area contributed by atoms with Gasteiger partial charge in [-0.15, -0.1) is 0 Å². The van der Waals surface area contributed by atoms with Crippen molar-refractivity contribution in [1.82, 2.24) is 9.97 Å². The summed E-state index contributed by atoms with van der Waals surface area (Å²) in [7, 11) is 0. The number of aromatic nitrogens is 2. The number of carbonyl (C=O) groups is 2. The lowest BCUT2D eigenvalue weighted by Gasteiger charge is -2.09.